The Morgan fingerprint density at radius 2 is 2.00 bits per heavy atom. The number of rotatable bonds is 10. The zero-order chi connectivity index (χ0) is 14.2. The fraction of sp³-hybridized carbons (Fsp3) is 0.929. The zero-order valence-electron chi connectivity index (χ0n) is 12.6. The number of amides is 1. The second-order valence-electron chi connectivity index (χ2n) is 5.55. The van der Waals surface area contributed by atoms with Gasteiger partial charge in [-0.3, -0.25) is 4.79 Å². The number of carbonyl (C=O) groups is 1. The quantitative estimate of drug-likeness (QED) is 0.602. The van der Waals surface area contributed by atoms with Gasteiger partial charge in [0.05, 0.1) is 5.54 Å². The van der Waals surface area contributed by atoms with Crippen LogP contribution in [0.1, 0.15) is 53.9 Å². The summed E-state index contributed by atoms with van der Waals surface area (Å²) in [7, 11) is 0. The van der Waals surface area contributed by atoms with Crippen molar-refractivity contribution in [2.24, 2.45) is 11.7 Å². The third kappa shape index (κ3) is 6.64. The molecule has 0 aliphatic carbocycles. The molecule has 0 heterocycles. The molecule has 0 bridgehead atoms. The minimum Gasteiger partial charge on any atom is -0.368 e. The summed E-state index contributed by atoms with van der Waals surface area (Å²) in [5.74, 6) is 1.56. The number of hydrogen-bond donors (Lipinski definition) is 2. The largest absolute Gasteiger partial charge is 0.368 e. The topological polar surface area (TPSA) is 55.1 Å². The van der Waals surface area contributed by atoms with Gasteiger partial charge in [-0.1, -0.05) is 27.7 Å². The molecule has 0 fully saturated rings. The summed E-state index contributed by atoms with van der Waals surface area (Å²) in [5, 5.41) is 3.95. The molecule has 0 aromatic carbocycles. The first-order valence-corrected chi connectivity index (χ1v) is 8.05. The van der Waals surface area contributed by atoms with E-state index in [9.17, 15) is 4.79 Å². The summed E-state index contributed by atoms with van der Waals surface area (Å²) in [6.07, 6.45) is 2.86. The summed E-state index contributed by atoms with van der Waals surface area (Å²) < 4.78 is 0. The SMILES string of the molecule is CCCNC(C)(CCCSC(C)C(C)C)C(N)=O. The van der Waals surface area contributed by atoms with Gasteiger partial charge in [0.15, 0.2) is 0 Å². The Hall–Kier alpha value is -0.220. The van der Waals surface area contributed by atoms with Crippen LogP contribution < -0.4 is 11.1 Å². The lowest BCUT2D eigenvalue weighted by atomic mass is 9.95. The second-order valence-corrected chi connectivity index (χ2v) is 7.03. The van der Waals surface area contributed by atoms with Gasteiger partial charge >= 0.3 is 0 Å². The van der Waals surface area contributed by atoms with Crippen molar-refractivity contribution in [2.75, 3.05) is 12.3 Å². The van der Waals surface area contributed by atoms with E-state index in [1.807, 2.05) is 18.7 Å². The molecule has 3 nitrogen and oxygen atoms in total. The van der Waals surface area contributed by atoms with Gasteiger partial charge in [-0.05, 0) is 44.4 Å². The van der Waals surface area contributed by atoms with Crippen molar-refractivity contribution in [3.8, 4) is 0 Å². The van der Waals surface area contributed by atoms with Crippen molar-refractivity contribution >= 4 is 17.7 Å². The van der Waals surface area contributed by atoms with Gasteiger partial charge in [-0.25, -0.2) is 0 Å². The van der Waals surface area contributed by atoms with Gasteiger partial charge in [-0.2, -0.15) is 11.8 Å². The highest BCUT2D eigenvalue weighted by Crippen LogP contribution is 2.22. The summed E-state index contributed by atoms with van der Waals surface area (Å²) in [6.45, 7) is 11.6. The normalized spacial score (nSPS) is 16.6. The maximum absolute atomic E-state index is 11.5. The van der Waals surface area contributed by atoms with Crippen LogP contribution in [0, 0.1) is 5.92 Å². The van der Waals surface area contributed by atoms with Crippen molar-refractivity contribution in [1.29, 1.82) is 0 Å². The average molecular weight is 274 g/mol. The van der Waals surface area contributed by atoms with Crippen molar-refractivity contribution in [3.05, 3.63) is 0 Å². The molecule has 0 rings (SSSR count). The minimum atomic E-state index is -0.544. The lowest BCUT2D eigenvalue weighted by Crippen LogP contribution is -2.53. The fourth-order valence-electron chi connectivity index (χ4n) is 1.59. The standard InChI is InChI=1S/C14H30N2OS/c1-6-9-16-14(5,13(15)17)8-7-10-18-12(4)11(2)3/h11-12,16H,6-10H2,1-5H3,(H2,15,17). The van der Waals surface area contributed by atoms with Crippen LogP contribution in [0.3, 0.4) is 0 Å². The summed E-state index contributed by atoms with van der Waals surface area (Å²) >= 11 is 1.98. The van der Waals surface area contributed by atoms with E-state index in [0.29, 0.717) is 11.2 Å². The molecule has 0 radical (unpaired) electrons. The molecular formula is C14H30N2OS. The third-order valence-corrected chi connectivity index (χ3v) is 5.04. The van der Waals surface area contributed by atoms with Gasteiger partial charge in [-0.15, -0.1) is 0 Å². The Morgan fingerprint density at radius 3 is 2.44 bits per heavy atom. The number of primary amides is 1. The maximum atomic E-state index is 11.5. The van der Waals surface area contributed by atoms with Crippen LogP contribution in [0.2, 0.25) is 0 Å². The molecule has 0 saturated heterocycles. The average Bonchev–Trinajstić information content (AvgIpc) is 2.31. The molecule has 0 aliphatic heterocycles. The highest BCUT2D eigenvalue weighted by molar-refractivity contribution is 7.99. The molecule has 2 unspecified atom stereocenters. The van der Waals surface area contributed by atoms with Crippen LogP contribution >= 0.6 is 11.8 Å². The molecule has 18 heavy (non-hydrogen) atoms. The molecule has 0 aromatic heterocycles. The first-order valence-electron chi connectivity index (χ1n) is 7.00. The number of nitrogens with one attached hydrogen (secondary N) is 1. The molecule has 3 N–H and O–H groups in total. The molecule has 2 atom stereocenters. The molecule has 1 amide bonds. The van der Waals surface area contributed by atoms with Crippen LogP contribution in [0.25, 0.3) is 0 Å². The first kappa shape index (κ1) is 17.8. The van der Waals surface area contributed by atoms with Crippen LogP contribution in [-0.2, 0) is 4.79 Å². The molecule has 108 valence electrons. The number of thioether (sulfide) groups is 1. The zero-order valence-corrected chi connectivity index (χ0v) is 13.4. The Balaban J connectivity index is 4.01. The monoisotopic (exact) mass is 274 g/mol. The lowest BCUT2D eigenvalue weighted by molar-refractivity contribution is -0.124. The van der Waals surface area contributed by atoms with Crippen molar-refractivity contribution < 1.29 is 4.79 Å². The molecule has 0 saturated carbocycles. The van der Waals surface area contributed by atoms with E-state index in [0.717, 1.165) is 31.6 Å². The predicted octanol–water partition coefficient (Wildman–Crippen LogP) is 2.79. The van der Waals surface area contributed by atoms with Gasteiger partial charge < -0.3 is 11.1 Å². The highest BCUT2D eigenvalue weighted by atomic mass is 32.2. The van der Waals surface area contributed by atoms with Gasteiger partial charge in [0.1, 0.15) is 0 Å². The van der Waals surface area contributed by atoms with Crippen LogP contribution in [0.4, 0.5) is 0 Å². The Kier molecular flexibility index (Phi) is 8.70. The molecule has 0 aromatic rings. The lowest BCUT2D eigenvalue weighted by Gasteiger charge is -2.27. The number of hydrogen-bond acceptors (Lipinski definition) is 3. The van der Waals surface area contributed by atoms with Crippen molar-refractivity contribution in [2.45, 2.75) is 64.7 Å². The first-order chi connectivity index (χ1) is 8.33. The van der Waals surface area contributed by atoms with E-state index in [4.69, 9.17) is 5.73 Å². The molecule has 0 aliphatic rings. The van der Waals surface area contributed by atoms with E-state index < -0.39 is 5.54 Å². The summed E-state index contributed by atoms with van der Waals surface area (Å²) in [5.41, 5.74) is 4.95. The Labute approximate surface area is 117 Å². The van der Waals surface area contributed by atoms with E-state index >= 15 is 0 Å². The highest BCUT2D eigenvalue weighted by Gasteiger charge is 2.29. The smallest absolute Gasteiger partial charge is 0.237 e. The van der Waals surface area contributed by atoms with Crippen LogP contribution in [0.15, 0.2) is 0 Å². The predicted molar refractivity (Wildman–Crippen MR) is 81.9 cm³/mol. The Morgan fingerprint density at radius 1 is 1.39 bits per heavy atom. The maximum Gasteiger partial charge on any atom is 0.237 e. The van der Waals surface area contributed by atoms with E-state index in [2.05, 4.69) is 33.0 Å². The molecule has 0 spiro atoms. The minimum absolute atomic E-state index is 0.238. The van der Waals surface area contributed by atoms with E-state index in [1.165, 1.54) is 0 Å². The molecular weight excluding hydrogens is 244 g/mol. The number of carbonyl (C=O) groups excluding carboxylic acids is 1. The second kappa shape index (κ2) is 8.81. The van der Waals surface area contributed by atoms with Crippen molar-refractivity contribution in [3.63, 3.8) is 0 Å². The van der Waals surface area contributed by atoms with Crippen molar-refractivity contribution in [1.82, 2.24) is 5.32 Å². The van der Waals surface area contributed by atoms with Gasteiger partial charge in [0.2, 0.25) is 5.91 Å². The molecule has 4 heteroatoms. The van der Waals surface area contributed by atoms with Crippen LogP contribution in [0.5, 0.6) is 0 Å². The summed E-state index contributed by atoms with van der Waals surface area (Å²) in [6, 6.07) is 0. The van der Waals surface area contributed by atoms with E-state index in [-0.39, 0.29) is 5.91 Å². The summed E-state index contributed by atoms with van der Waals surface area (Å²) in [4.78, 5) is 11.5. The fourth-order valence-corrected chi connectivity index (χ4v) is 2.65. The number of nitrogens with two attached hydrogens (primary N) is 1. The third-order valence-electron chi connectivity index (χ3n) is 3.45. The van der Waals surface area contributed by atoms with Crippen LogP contribution in [-0.4, -0.2) is 29.0 Å². The Bertz CT molecular complexity index is 246. The van der Waals surface area contributed by atoms with E-state index in [1.54, 1.807) is 0 Å². The van der Waals surface area contributed by atoms with Gasteiger partial charge in [0, 0.05) is 5.25 Å². The van der Waals surface area contributed by atoms with Gasteiger partial charge in [0.25, 0.3) is 0 Å².